The van der Waals surface area contributed by atoms with Gasteiger partial charge in [0.25, 0.3) is 5.91 Å². The first-order valence-electron chi connectivity index (χ1n) is 9.64. The van der Waals surface area contributed by atoms with Crippen LogP contribution in [0.3, 0.4) is 0 Å². The average Bonchev–Trinajstić information content (AvgIpc) is 2.63. The molecule has 160 valence electrons. The Bertz CT molecular complexity index is 909. The van der Waals surface area contributed by atoms with Gasteiger partial charge >= 0.3 is 12.1 Å². The quantitative estimate of drug-likeness (QED) is 0.686. The SMILES string of the molecule is Cc1cccc(C)c1NC(=O)C(C)OC(=O)c1ccc(NC(=O)OC(C)(C)C)cc1. The number of aryl methyl sites for hydroxylation is 2. The number of ether oxygens (including phenoxy) is 2. The smallest absolute Gasteiger partial charge is 0.412 e. The Kier molecular flexibility index (Phi) is 7.21. The molecular weight excluding hydrogens is 384 g/mol. The molecule has 2 rings (SSSR count). The summed E-state index contributed by atoms with van der Waals surface area (Å²) in [4.78, 5) is 36.6. The second-order valence-corrected chi connectivity index (χ2v) is 8.01. The molecule has 1 atom stereocenters. The Morgan fingerprint density at radius 2 is 1.47 bits per heavy atom. The van der Waals surface area contributed by atoms with Crippen LogP contribution in [0.1, 0.15) is 49.2 Å². The predicted octanol–water partition coefficient (Wildman–Crippen LogP) is 4.83. The summed E-state index contributed by atoms with van der Waals surface area (Å²) in [6, 6.07) is 11.8. The first-order valence-corrected chi connectivity index (χ1v) is 9.64. The van der Waals surface area contributed by atoms with Crippen molar-refractivity contribution in [2.75, 3.05) is 10.6 Å². The van der Waals surface area contributed by atoms with Gasteiger partial charge in [0.1, 0.15) is 5.60 Å². The van der Waals surface area contributed by atoms with Crippen molar-refractivity contribution in [3.05, 3.63) is 59.2 Å². The predicted molar refractivity (Wildman–Crippen MR) is 116 cm³/mol. The number of amides is 2. The number of anilines is 2. The van der Waals surface area contributed by atoms with E-state index >= 15 is 0 Å². The van der Waals surface area contributed by atoms with E-state index in [1.165, 1.54) is 19.1 Å². The van der Waals surface area contributed by atoms with Gasteiger partial charge in [-0.15, -0.1) is 0 Å². The Labute approximate surface area is 176 Å². The molecule has 0 saturated heterocycles. The number of para-hydroxylation sites is 1. The average molecular weight is 412 g/mol. The molecule has 7 heteroatoms. The second-order valence-electron chi connectivity index (χ2n) is 8.01. The van der Waals surface area contributed by atoms with E-state index in [1.54, 1.807) is 32.9 Å². The molecule has 2 aromatic rings. The maximum Gasteiger partial charge on any atom is 0.412 e. The first-order chi connectivity index (χ1) is 14.0. The van der Waals surface area contributed by atoms with Crippen molar-refractivity contribution in [1.82, 2.24) is 0 Å². The zero-order valence-electron chi connectivity index (χ0n) is 18.2. The van der Waals surface area contributed by atoms with Crippen molar-refractivity contribution in [2.45, 2.75) is 53.2 Å². The Hall–Kier alpha value is -3.35. The highest BCUT2D eigenvalue weighted by Crippen LogP contribution is 2.20. The molecule has 0 radical (unpaired) electrons. The van der Waals surface area contributed by atoms with Crippen LogP contribution in [-0.2, 0) is 14.3 Å². The van der Waals surface area contributed by atoms with Crippen LogP contribution in [0.2, 0.25) is 0 Å². The van der Waals surface area contributed by atoms with Crippen LogP contribution in [0.25, 0.3) is 0 Å². The molecule has 2 aromatic carbocycles. The molecule has 0 bridgehead atoms. The van der Waals surface area contributed by atoms with Crippen molar-refractivity contribution in [2.24, 2.45) is 0 Å². The van der Waals surface area contributed by atoms with Crippen LogP contribution in [0.4, 0.5) is 16.2 Å². The maximum atomic E-state index is 12.4. The normalized spacial score (nSPS) is 11.9. The lowest BCUT2D eigenvalue weighted by Gasteiger charge is -2.19. The van der Waals surface area contributed by atoms with Gasteiger partial charge < -0.3 is 14.8 Å². The van der Waals surface area contributed by atoms with Crippen LogP contribution in [-0.4, -0.2) is 29.7 Å². The van der Waals surface area contributed by atoms with Crippen LogP contribution < -0.4 is 10.6 Å². The molecule has 0 aromatic heterocycles. The molecule has 0 heterocycles. The Balaban J connectivity index is 1.95. The molecule has 2 N–H and O–H groups in total. The molecule has 30 heavy (non-hydrogen) atoms. The van der Waals surface area contributed by atoms with Gasteiger partial charge in [0.05, 0.1) is 5.56 Å². The van der Waals surface area contributed by atoms with Gasteiger partial charge in [-0.25, -0.2) is 9.59 Å². The summed E-state index contributed by atoms with van der Waals surface area (Å²) in [5, 5.41) is 5.39. The van der Waals surface area contributed by atoms with E-state index in [9.17, 15) is 14.4 Å². The minimum atomic E-state index is -0.976. The number of hydrogen-bond acceptors (Lipinski definition) is 5. The van der Waals surface area contributed by atoms with Gasteiger partial charge in [-0.05, 0) is 76.9 Å². The van der Waals surface area contributed by atoms with Crippen molar-refractivity contribution in [3.63, 3.8) is 0 Å². The summed E-state index contributed by atoms with van der Waals surface area (Å²) >= 11 is 0. The third kappa shape index (κ3) is 6.62. The van der Waals surface area contributed by atoms with E-state index in [0.717, 1.165) is 11.1 Å². The number of rotatable bonds is 5. The van der Waals surface area contributed by atoms with Crippen LogP contribution >= 0.6 is 0 Å². The molecule has 2 amide bonds. The van der Waals surface area contributed by atoms with E-state index < -0.39 is 29.7 Å². The van der Waals surface area contributed by atoms with E-state index in [0.29, 0.717) is 11.4 Å². The molecule has 0 saturated carbocycles. The third-order valence-electron chi connectivity index (χ3n) is 4.15. The fraction of sp³-hybridized carbons (Fsp3) is 0.348. The molecule has 1 unspecified atom stereocenters. The van der Waals surface area contributed by atoms with Gasteiger partial charge in [0.2, 0.25) is 0 Å². The summed E-state index contributed by atoms with van der Waals surface area (Å²) in [7, 11) is 0. The summed E-state index contributed by atoms with van der Waals surface area (Å²) in [5.41, 5.74) is 2.69. The Morgan fingerprint density at radius 3 is 2.00 bits per heavy atom. The summed E-state index contributed by atoms with van der Waals surface area (Å²) in [6.45, 7) is 10.6. The van der Waals surface area contributed by atoms with Crippen molar-refractivity contribution >= 4 is 29.3 Å². The van der Waals surface area contributed by atoms with E-state index in [-0.39, 0.29) is 5.56 Å². The molecule has 0 aliphatic heterocycles. The second kappa shape index (κ2) is 9.43. The number of hydrogen-bond donors (Lipinski definition) is 2. The summed E-state index contributed by atoms with van der Waals surface area (Å²) in [5.74, 6) is -1.05. The zero-order chi connectivity index (χ0) is 22.5. The highest BCUT2D eigenvalue weighted by molar-refractivity contribution is 5.98. The molecule has 0 spiro atoms. The molecule has 0 aliphatic rings. The summed E-state index contributed by atoms with van der Waals surface area (Å²) in [6.07, 6.45) is -1.56. The first kappa shape index (κ1) is 22.9. The maximum absolute atomic E-state index is 12.4. The van der Waals surface area contributed by atoms with Crippen molar-refractivity contribution in [3.8, 4) is 0 Å². The lowest BCUT2D eigenvalue weighted by molar-refractivity contribution is -0.123. The largest absolute Gasteiger partial charge is 0.449 e. The van der Waals surface area contributed by atoms with Crippen molar-refractivity contribution in [1.29, 1.82) is 0 Å². The number of benzene rings is 2. The third-order valence-corrected chi connectivity index (χ3v) is 4.15. The van der Waals surface area contributed by atoms with E-state index in [2.05, 4.69) is 10.6 Å². The van der Waals surface area contributed by atoms with Crippen molar-refractivity contribution < 1.29 is 23.9 Å². The zero-order valence-corrected chi connectivity index (χ0v) is 18.2. The van der Waals surface area contributed by atoms with Crippen LogP contribution in [0.5, 0.6) is 0 Å². The standard InChI is InChI=1S/C23H28N2O5/c1-14-8-7-9-15(2)19(14)25-20(26)16(3)29-21(27)17-10-12-18(13-11-17)24-22(28)30-23(4,5)6/h7-13,16H,1-6H3,(H,24,28)(H,25,26). The molecule has 0 fully saturated rings. The Morgan fingerprint density at radius 1 is 0.900 bits per heavy atom. The monoisotopic (exact) mass is 412 g/mol. The van der Waals surface area contributed by atoms with E-state index in [4.69, 9.17) is 9.47 Å². The minimum absolute atomic E-state index is 0.261. The van der Waals surface area contributed by atoms with Gasteiger partial charge in [-0.2, -0.15) is 0 Å². The molecule has 7 nitrogen and oxygen atoms in total. The number of carbonyl (C=O) groups excluding carboxylic acids is 3. The van der Waals surface area contributed by atoms with Gasteiger partial charge in [0, 0.05) is 11.4 Å². The highest BCUT2D eigenvalue weighted by Gasteiger charge is 2.21. The van der Waals surface area contributed by atoms with Gasteiger partial charge in [-0.1, -0.05) is 18.2 Å². The molecular formula is C23H28N2O5. The van der Waals surface area contributed by atoms with Gasteiger partial charge in [-0.3, -0.25) is 10.1 Å². The topological polar surface area (TPSA) is 93.7 Å². The lowest BCUT2D eigenvalue weighted by atomic mass is 10.1. The van der Waals surface area contributed by atoms with Crippen LogP contribution in [0.15, 0.2) is 42.5 Å². The van der Waals surface area contributed by atoms with Crippen LogP contribution in [0, 0.1) is 13.8 Å². The number of nitrogens with one attached hydrogen (secondary N) is 2. The molecule has 0 aliphatic carbocycles. The highest BCUT2D eigenvalue weighted by atomic mass is 16.6. The fourth-order valence-electron chi connectivity index (χ4n) is 2.63. The van der Waals surface area contributed by atoms with Gasteiger partial charge in [0.15, 0.2) is 6.10 Å². The lowest BCUT2D eigenvalue weighted by Crippen LogP contribution is -2.30. The fourth-order valence-corrected chi connectivity index (χ4v) is 2.63. The number of carbonyl (C=O) groups is 3. The number of esters is 1. The summed E-state index contributed by atoms with van der Waals surface area (Å²) < 4.78 is 10.5. The van der Waals surface area contributed by atoms with E-state index in [1.807, 2.05) is 32.0 Å². The minimum Gasteiger partial charge on any atom is -0.449 e.